The number of non-ortho nitro benzene ring substituents is 1. The van der Waals surface area contributed by atoms with Gasteiger partial charge in [0.2, 0.25) is 5.82 Å². The van der Waals surface area contributed by atoms with Crippen LogP contribution < -0.4 is 4.74 Å². The lowest BCUT2D eigenvalue weighted by Crippen LogP contribution is -2.02. The lowest BCUT2D eigenvalue weighted by Gasteiger charge is -2.10. The molecular formula is C13H9FN2O7S. The number of ether oxygens (including phenoxy) is 1. The van der Waals surface area contributed by atoms with Gasteiger partial charge in [-0.05, 0) is 12.1 Å². The van der Waals surface area contributed by atoms with Crippen LogP contribution in [0, 0.1) is 26.0 Å². The van der Waals surface area contributed by atoms with Crippen LogP contribution in [0.3, 0.4) is 0 Å². The summed E-state index contributed by atoms with van der Waals surface area (Å²) >= 11 is 0. The molecule has 11 heteroatoms. The van der Waals surface area contributed by atoms with Crippen LogP contribution in [0.5, 0.6) is 11.5 Å². The van der Waals surface area contributed by atoms with Crippen LogP contribution in [0.4, 0.5) is 15.8 Å². The molecule has 0 N–H and O–H groups in total. The average molecular weight is 356 g/mol. The van der Waals surface area contributed by atoms with Crippen LogP contribution in [-0.2, 0) is 9.84 Å². The molecule has 0 spiro atoms. The van der Waals surface area contributed by atoms with Crippen molar-refractivity contribution in [2.24, 2.45) is 0 Å². The number of sulfone groups is 1. The van der Waals surface area contributed by atoms with Crippen molar-refractivity contribution < 1.29 is 27.4 Å². The molecule has 0 aliphatic carbocycles. The third-order valence-corrected chi connectivity index (χ3v) is 4.00. The van der Waals surface area contributed by atoms with Crippen LogP contribution >= 0.6 is 0 Å². The number of hydrogen-bond acceptors (Lipinski definition) is 7. The molecule has 0 heterocycles. The van der Waals surface area contributed by atoms with Crippen LogP contribution in [0.25, 0.3) is 0 Å². The van der Waals surface area contributed by atoms with Crippen molar-refractivity contribution in [2.45, 2.75) is 4.90 Å². The molecule has 2 aromatic carbocycles. The summed E-state index contributed by atoms with van der Waals surface area (Å²) in [5.41, 5.74) is -1.23. The minimum Gasteiger partial charge on any atom is -0.456 e. The maximum absolute atomic E-state index is 13.6. The fraction of sp³-hybridized carbons (Fsp3) is 0.0769. The van der Waals surface area contributed by atoms with Crippen molar-refractivity contribution in [3.05, 3.63) is 62.4 Å². The predicted molar refractivity (Wildman–Crippen MR) is 79.3 cm³/mol. The number of nitrogens with zero attached hydrogens (tertiary/aromatic N) is 2. The molecular weight excluding hydrogens is 347 g/mol. The SMILES string of the molecule is CS(=O)(=O)c1cc([N+](=O)[O-])ccc1Oc1ccc([N+](=O)[O-])c(F)c1. The Balaban J connectivity index is 2.48. The average Bonchev–Trinajstić information content (AvgIpc) is 2.45. The highest BCUT2D eigenvalue weighted by Gasteiger charge is 2.21. The maximum atomic E-state index is 13.6. The molecule has 0 unspecified atom stereocenters. The van der Waals surface area contributed by atoms with Crippen LogP contribution in [0.1, 0.15) is 0 Å². The second-order valence-corrected chi connectivity index (χ2v) is 6.62. The molecule has 0 saturated heterocycles. The van der Waals surface area contributed by atoms with Crippen LogP contribution in [0.2, 0.25) is 0 Å². The van der Waals surface area contributed by atoms with E-state index in [1.807, 2.05) is 0 Å². The lowest BCUT2D eigenvalue weighted by molar-refractivity contribution is -0.387. The topological polar surface area (TPSA) is 130 Å². The third kappa shape index (κ3) is 3.63. The predicted octanol–water partition coefficient (Wildman–Crippen LogP) is 2.84. The molecule has 0 aliphatic heterocycles. The Bertz CT molecular complexity index is 943. The van der Waals surface area contributed by atoms with E-state index in [0.717, 1.165) is 36.6 Å². The Morgan fingerprint density at radius 1 is 1.04 bits per heavy atom. The molecule has 2 rings (SSSR count). The summed E-state index contributed by atoms with van der Waals surface area (Å²) in [6, 6.07) is 5.53. The summed E-state index contributed by atoms with van der Waals surface area (Å²) in [5.74, 6) is -1.63. The van der Waals surface area contributed by atoms with E-state index in [1.165, 1.54) is 0 Å². The van der Waals surface area contributed by atoms with Crippen LogP contribution in [-0.4, -0.2) is 24.5 Å². The molecule has 0 atom stereocenters. The summed E-state index contributed by atoms with van der Waals surface area (Å²) in [6.45, 7) is 0. The Morgan fingerprint density at radius 3 is 2.21 bits per heavy atom. The standard InChI is InChI=1S/C13H9FN2O7S/c1-24(21,22)13-6-8(15(17)18)2-5-12(13)23-9-3-4-11(16(19)20)10(14)7-9/h2-7H,1H3. The van der Waals surface area contributed by atoms with Crippen molar-refractivity contribution in [2.75, 3.05) is 6.26 Å². The molecule has 0 radical (unpaired) electrons. The fourth-order valence-corrected chi connectivity index (χ4v) is 2.62. The first-order chi connectivity index (χ1) is 11.1. The van der Waals surface area contributed by atoms with Gasteiger partial charge >= 0.3 is 5.69 Å². The number of hydrogen-bond donors (Lipinski definition) is 0. The smallest absolute Gasteiger partial charge is 0.305 e. The van der Waals surface area contributed by atoms with Crippen molar-refractivity contribution in [1.82, 2.24) is 0 Å². The van der Waals surface area contributed by atoms with E-state index >= 15 is 0 Å². The van der Waals surface area contributed by atoms with E-state index in [0.29, 0.717) is 6.07 Å². The largest absolute Gasteiger partial charge is 0.456 e. The van der Waals surface area contributed by atoms with Gasteiger partial charge in [-0.25, -0.2) is 8.42 Å². The van der Waals surface area contributed by atoms with E-state index in [2.05, 4.69) is 0 Å². The highest BCUT2D eigenvalue weighted by Crippen LogP contribution is 2.33. The number of nitro benzene ring substituents is 2. The molecule has 126 valence electrons. The first kappa shape index (κ1) is 17.3. The zero-order chi connectivity index (χ0) is 18.1. The number of rotatable bonds is 5. The van der Waals surface area contributed by atoms with E-state index in [1.54, 1.807) is 0 Å². The third-order valence-electron chi connectivity index (χ3n) is 2.88. The van der Waals surface area contributed by atoms with Gasteiger partial charge in [0.1, 0.15) is 16.4 Å². The Hall–Kier alpha value is -3.08. The fourth-order valence-electron chi connectivity index (χ4n) is 1.81. The Labute approximate surface area is 134 Å². The summed E-state index contributed by atoms with van der Waals surface area (Å²) in [6.07, 6.45) is 0.829. The summed E-state index contributed by atoms with van der Waals surface area (Å²) < 4.78 is 42.3. The summed E-state index contributed by atoms with van der Waals surface area (Å²) in [4.78, 5) is 19.2. The zero-order valence-electron chi connectivity index (χ0n) is 12.0. The van der Waals surface area contributed by atoms with Gasteiger partial charge in [-0.15, -0.1) is 0 Å². The molecule has 9 nitrogen and oxygen atoms in total. The minimum atomic E-state index is -3.87. The maximum Gasteiger partial charge on any atom is 0.305 e. The first-order valence-corrected chi connectivity index (χ1v) is 8.09. The van der Waals surface area contributed by atoms with E-state index in [-0.39, 0.29) is 11.5 Å². The monoisotopic (exact) mass is 356 g/mol. The molecule has 0 aromatic heterocycles. The second-order valence-electron chi connectivity index (χ2n) is 4.63. The Kier molecular flexibility index (Phi) is 4.46. The zero-order valence-corrected chi connectivity index (χ0v) is 12.8. The van der Waals surface area contributed by atoms with Crippen molar-refractivity contribution in [1.29, 1.82) is 0 Å². The van der Waals surface area contributed by atoms with E-state index in [9.17, 15) is 33.0 Å². The van der Waals surface area contributed by atoms with Gasteiger partial charge in [-0.2, -0.15) is 4.39 Å². The van der Waals surface area contributed by atoms with Crippen molar-refractivity contribution in [3.63, 3.8) is 0 Å². The van der Waals surface area contributed by atoms with Gasteiger partial charge in [-0.1, -0.05) is 0 Å². The van der Waals surface area contributed by atoms with Gasteiger partial charge in [0, 0.05) is 30.5 Å². The lowest BCUT2D eigenvalue weighted by atomic mass is 10.3. The van der Waals surface area contributed by atoms with Crippen molar-refractivity contribution >= 4 is 21.2 Å². The molecule has 2 aromatic rings. The highest BCUT2D eigenvalue weighted by atomic mass is 32.2. The minimum absolute atomic E-state index is 0.197. The number of nitro groups is 2. The van der Waals surface area contributed by atoms with Gasteiger partial charge in [0.05, 0.1) is 9.85 Å². The van der Waals surface area contributed by atoms with E-state index in [4.69, 9.17) is 4.74 Å². The second kappa shape index (κ2) is 6.20. The molecule has 0 bridgehead atoms. The Morgan fingerprint density at radius 2 is 1.71 bits per heavy atom. The van der Waals surface area contributed by atoms with Gasteiger partial charge in [0.25, 0.3) is 5.69 Å². The molecule has 0 saturated carbocycles. The quantitative estimate of drug-likeness (QED) is 0.594. The van der Waals surface area contributed by atoms with Crippen molar-refractivity contribution in [3.8, 4) is 11.5 Å². The van der Waals surface area contributed by atoms with Crippen LogP contribution in [0.15, 0.2) is 41.3 Å². The van der Waals surface area contributed by atoms with Gasteiger partial charge < -0.3 is 4.74 Å². The number of halogens is 1. The number of benzene rings is 2. The molecule has 0 amide bonds. The molecule has 0 fully saturated rings. The van der Waals surface area contributed by atoms with Gasteiger partial charge in [0.15, 0.2) is 9.84 Å². The first-order valence-electron chi connectivity index (χ1n) is 6.20. The normalized spacial score (nSPS) is 11.1. The molecule has 24 heavy (non-hydrogen) atoms. The summed E-state index contributed by atoms with van der Waals surface area (Å²) in [5, 5.41) is 21.3. The van der Waals surface area contributed by atoms with Gasteiger partial charge in [-0.3, -0.25) is 20.2 Å². The molecule has 0 aliphatic rings. The van der Waals surface area contributed by atoms with E-state index < -0.39 is 41.8 Å². The highest BCUT2D eigenvalue weighted by molar-refractivity contribution is 7.90. The summed E-state index contributed by atoms with van der Waals surface area (Å²) in [7, 11) is -3.87.